The molecule has 3 aromatic rings. The predicted molar refractivity (Wildman–Crippen MR) is 79.2 cm³/mol. The lowest BCUT2D eigenvalue weighted by Gasteiger charge is -2.17. The maximum Gasteiger partial charge on any atom is 0.203 e. The second-order valence-electron chi connectivity index (χ2n) is 5.26. The van der Waals surface area contributed by atoms with Gasteiger partial charge in [-0.15, -0.1) is 10.2 Å². The van der Waals surface area contributed by atoms with Crippen LogP contribution in [0.2, 0.25) is 0 Å². The Kier molecular flexibility index (Phi) is 2.70. The van der Waals surface area contributed by atoms with Crippen molar-refractivity contribution in [3.8, 4) is 0 Å². The van der Waals surface area contributed by atoms with Crippen molar-refractivity contribution < 1.29 is 0 Å². The minimum atomic E-state index is 0.586. The summed E-state index contributed by atoms with van der Waals surface area (Å²) in [5.41, 5.74) is 2.15. The van der Waals surface area contributed by atoms with Crippen molar-refractivity contribution >= 4 is 22.8 Å². The highest BCUT2D eigenvalue weighted by atomic mass is 32.1. The molecule has 1 saturated carbocycles. The van der Waals surface area contributed by atoms with Crippen LogP contribution in [0.25, 0.3) is 5.65 Å². The summed E-state index contributed by atoms with van der Waals surface area (Å²) in [5.74, 6) is 2.55. The minimum Gasteiger partial charge on any atom is -0.352 e. The van der Waals surface area contributed by atoms with Gasteiger partial charge in [-0.05, 0) is 35.2 Å². The van der Waals surface area contributed by atoms with E-state index in [0.29, 0.717) is 5.92 Å². The summed E-state index contributed by atoms with van der Waals surface area (Å²) in [6.07, 6.45) is 6.25. The second kappa shape index (κ2) is 4.56. The predicted octanol–water partition coefficient (Wildman–Crippen LogP) is 2.70. The molecule has 3 aromatic heterocycles. The van der Waals surface area contributed by atoms with Crippen molar-refractivity contribution in [2.75, 3.05) is 11.9 Å². The topological polar surface area (TPSA) is 46.3 Å². The molecule has 102 valence electrons. The van der Waals surface area contributed by atoms with Crippen LogP contribution in [0.5, 0.6) is 0 Å². The van der Waals surface area contributed by atoms with Gasteiger partial charge in [-0.25, -0.2) is 4.98 Å². The van der Waals surface area contributed by atoms with Crippen molar-refractivity contribution in [2.24, 2.45) is 0 Å². The maximum absolute atomic E-state index is 4.49. The minimum absolute atomic E-state index is 0.586. The van der Waals surface area contributed by atoms with E-state index >= 15 is 0 Å². The standard InChI is InChI=1S/C14H15N5S/c1-18(8-10-4-7-20-9-10)13-14-17-16-12(11-2-3-11)19(14)6-5-15-13/h4-7,9,11H,2-3,8H2,1H3. The number of hydrogen-bond donors (Lipinski definition) is 0. The molecule has 0 radical (unpaired) electrons. The Morgan fingerprint density at radius 1 is 1.40 bits per heavy atom. The van der Waals surface area contributed by atoms with Gasteiger partial charge in [0.2, 0.25) is 5.65 Å². The second-order valence-corrected chi connectivity index (χ2v) is 6.04. The first-order chi connectivity index (χ1) is 9.83. The van der Waals surface area contributed by atoms with Gasteiger partial charge in [0.1, 0.15) is 5.82 Å². The fourth-order valence-electron chi connectivity index (χ4n) is 2.45. The molecule has 0 aliphatic heterocycles. The molecule has 0 N–H and O–H groups in total. The van der Waals surface area contributed by atoms with E-state index in [9.17, 15) is 0 Å². The van der Waals surface area contributed by atoms with E-state index < -0.39 is 0 Å². The molecular formula is C14H15N5S. The number of thiophene rings is 1. The molecule has 0 spiro atoms. The van der Waals surface area contributed by atoms with Crippen molar-refractivity contribution in [1.82, 2.24) is 19.6 Å². The average Bonchev–Trinajstić information content (AvgIpc) is 3.00. The molecule has 5 nitrogen and oxygen atoms in total. The van der Waals surface area contributed by atoms with E-state index in [1.165, 1.54) is 18.4 Å². The third-order valence-electron chi connectivity index (χ3n) is 3.64. The third-order valence-corrected chi connectivity index (χ3v) is 4.37. The molecule has 0 unspecified atom stereocenters. The van der Waals surface area contributed by atoms with E-state index in [-0.39, 0.29) is 0 Å². The lowest BCUT2D eigenvalue weighted by Crippen LogP contribution is -2.18. The van der Waals surface area contributed by atoms with Crippen LogP contribution in [0.15, 0.2) is 29.2 Å². The van der Waals surface area contributed by atoms with Crippen LogP contribution in [0, 0.1) is 0 Å². The molecule has 0 atom stereocenters. The van der Waals surface area contributed by atoms with Crippen LogP contribution < -0.4 is 4.90 Å². The summed E-state index contributed by atoms with van der Waals surface area (Å²) in [5, 5.41) is 12.9. The molecule has 3 heterocycles. The Labute approximate surface area is 120 Å². The smallest absolute Gasteiger partial charge is 0.203 e. The van der Waals surface area contributed by atoms with Crippen molar-refractivity contribution in [3.05, 3.63) is 40.6 Å². The normalized spacial score (nSPS) is 14.8. The van der Waals surface area contributed by atoms with E-state index in [2.05, 4.69) is 41.3 Å². The number of rotatable bonds is 4. The molecule has 6 heteroatoms. The number of aromatic nitrogens is 4. The van der Waals surface area contributed by atoms with Gasteiger partial charge in [-0.2, -0.15) is 11.3 Å². The highest BCUT2D eigenvalue weighted by molar-refractivity contribution is 7.07. The monoisotopic (exact) mass is 285 g/mol. The molecular weight excluding hydrogens is 270 g/mol. The van der Waals surface area contributed by atoms with Crippen molar-refractivity contribution in [1.29, 1.82) is 0 Å². The molecule has 1 fully saturated rings. The Hall–Kier alpha value is -1.95. The molecule has 4 rings (SSSR count). The summed E-state index contributed by atoms with van der Waals surface area (Å²) in [6, 6.07) is 2.14. The summed E-state index contributed by atoms with van der Waals surface area (Å²) >= 11 is 1.72. The molecule has 1 aliphatic carbocycles. The third kappa shape index (κ3) is 1.96. The lowest BCUT2D eigenvalue weighted by atomic mass is 10.3. The molecule has 20 heavy (non-hydrogen) atoms. The quantitative estimate of drug-likeness (QED) is 0.739. The van der Waals surface area contributed by atoms with Gasteiger partial charge in [0.25, 0.3) is 0 Å². The summed E-state index contributed by atoms with van der Waals surface area (Å²) in [4.78, 5) is 6.61. The number of fused-ring (bicyclic) bond motifs is 1. The van der Waals surface area contributed by atoms with Gasteiger partial charge in [0.15, 0.2) is 5.82 Å². The highest BCUT2D eigenvalue weighted by Gasteiger charge is 2.29. The molecule has 1 aliphatic rings. The molecule has 0 amide bonds. The Morgan fingerprint density at radius 3 is 3.05 bits per heavy atom. The summed E-state index contributed by atoms with van der Waals surface area (Å²) in [7, 11) is 2.05. The van der Waals surface area contributed by atoms with Crippen LogP contribution in [0.1, 0.15) is 30.1 Å². The molecule has 0 bridgehead atoms. The Balaban J connectivity index is 1.72. The van der Waals surface area contributed by atoms with Crippen LogP contribution in [-0.4, -0.2) is 26.6 Å². The first-order valence-electron chi connectivity index (χ1n) is 6.75. The van der Waals surface area contributed by atoms with Crippen LogP contribution in [-0.2, 0) is 6.54 Å². The molecule has 0 saturated heterocycles. The van der Waals surface area contributed by atoms with E-state index in [0.717, 1.165) is 23.8 Å². The first kappa shape index (κ1) is 11.8. The van der Waals surface area contributed by atoms with Gasteiger partial charge in [-0.1, -0.05) is 0 Å². The zero-order valence-corrected chi connectivity index (χ0v) is 12.0. The largest absolute Gasteiger partial charge is 0.352 e. The lowest BCUT2D eigenvalue weighted by molar-refractivity contribution is 0.879. The van der Waals surface area contributed by atoms with Gasteiger partial charge < -0.3 is 4.90 Å². The van der Waals surface area contributed by atoms with E-state index in [1.54, 1.807) is 11.3 Å². The fourth-order valence-corrected chi connectivity index (χ4v) is 3.11. The fraction of sp³-hybridized carbons (Fsp3) is 0.357. The first-order valence-corrected chi connectivity index (χ1v) is 7.69. The molecule has 0 aromatic carbocycles. The Bertz CT molecular complexity index is 729. The van der Waals surface area contributed by atoms with Gasteiger partial charge in [0.05, 0.1) is 0 Å². The number of hydrogen-bond acceptors (Lipinski definition) is 5. The van der Waals surface area contributed by atoms with E-state index in [4.69, 9.17) is 0 Å². The zero-order chi connectivity index (χ0) is 13.5. The van der Waals surface area contributed by atoms with Gasteiger partial charge in [-0.3, -0.25) is 4.40 Å². The van der Waals surface area contributed by atoms with E-state index in [1.807, 2.05) is 19.4 Å². The Morgan fingerprint density at radius 2 is 2.30 bits per heavy atom. The highest BCUT2D eigenvalue weighted by Crippen LogP contribution is 2.39. The summed E-state index contributed by atoms with van der Waals surface area (Å²) in [6.45, 7) is 0.835. The van der Waals surface area contributed by atoms with Crippen molar-refractivity contribution in [3.63, 3.8) is 0 Å². The summed E-state index contributed by atoms with van der Waals surface area (Å²) < 4.78 is 2.09. The SMILES string of the molecule is CN(Cc1ccsc1)c1nccn2c(C3CC3)nnc12. The maximum atomic E-state index is 4.49. The van der Waals surface area contributed by atoms with Crippen LogP contribution in [0.4, 0.5) is 5.82 Å². The van der Waals surface area contributed by atoms with Gasteiger partial charge in [0, 0.05) is 31.9 Å². The zero-order valence-electron chi connectivity index (χ0n) is 11.2. The van der Waals surface area contributed by atoms with Crippen LogP contribution >= 0.6 is 11.3 Å². The average molecular weight is 285 g/mol. The van der Waals surface area contributed by atoms with Gasteiger partial charge >= 0.3 is 0 Å². The number of nitrogens with zero attached hydrogens (tertiary/aromatic N) is 5. The number of anilines is 1. The van der Waals surface area contributed by atoms with Crippen molar-refractivity contribution in [2.45, 2.75) is 25.3 Å². The van der Waals surface area contributed by atoms with Crippen LogP contribution in [0.3, 0.4) is 0 Å².